The highest BCUT2D eigenvalue weighted by Gasteiger charge is 2.42. The van der Waals surface area contributed by atoms with E-state index in [2.05, 4.69) is 54.7 Å². The Morgan fingerprint density at radius 3 is 2.71 bits per heavy atom. The molecular formula is C19H22N2. The van der Waals surface area contributed by atoms with Crippen LogP contribution in [0.3, 0.4) is 0 Å². The van der Waals surface area contributed by atoms with Crippen LogP contribution in [0.5, 0.6) is 0 Å². The quantitative estimate of drug-likeness (QED) is 0.779. The molecule has 108 valence electrons. The molecule has 0 saturated carbocycles. The molecule has 1 fully saturated rings. The van der Waals surface area contributed by atoms with Crippen LogP contribution in [-0.4, -0.2) is 6.54 Å². The number of rotatable bonds is 1. The first kappa shape index (κ1) is 12.9. The summed E-state index contributed by atoms with van der Waals surface area (Å²) in [5.74, 6) is 1.15. The van der Waals surface area contributed by atoms with Gasteiger partial charge in [0.25, 0.3) is 0 Å². The molecule has 0 spiro atoms. The summed E-state index contributed by atoms with van der Waals surface area (Å²) in [7, 11) is 0. The highest BCUT2D eigenvalue weighted by atomic mass is 14.9. The Morgan fingerprint density at radius 1 is 1.10 bits per heavy atom. The number of benzene rings is 2. The van der Waals surface area contributed by atoms with E-state index in [-0.39, 0.29) is 0 Å². The molecule has 4 rings (SSSR count). The number of piperidine rings is 1. The third-order valence-electron chi connectivity index (χ3n) is 5.26. The van der Waals surface area contributed by atoms with E-state index in [1.165, 1.54) is 35.1 Å². The van der Waals surface area contributed by atoms with Crippen molar-refractivity contribution in [2.45, 2.75) is 31.7 Å². The molecule has 1 saturated heterocycles. The van der Waals surface area contributed by atoms with Crippen molar-refractivity contribution in [3.63, 3.8) is 0 Å². The van der Waals surface area contributed by atoms with E-state index in [0.717, 1.165) is 12.2 Å². The second-order valence-corrected chi connectivity index (χ2v) is 6.46. The smallest absolute Gasteiger partial charge is 0.0360 e. The Morgan fingerprint density at radius 2 is 1.90 bits per heavy atom. The first-order chi connectivity index (χ1) is 10.3. The molecule has 2 aromatic rings. The molecule has 2 heteroatoms. The van der Waals surface area contributed by atoms with E-state index in [0.29, 0.717) is 17.9 Å². The molecular weight excluding hydrogens is 256 g/mol. The number of hydrogen-bond acceptors (Lipinski definition) is 2. The second kappa shape index (κ2) is 4.88. The Balaban J connectivity index is 1.84. The zero-order valence-corrected chi connectivity index (χ0v) is 12.5. The maximum atomic E-state index is 6.16. The van der Waals surface area contributed by atoms with Gasteiger partial charge >= 0.3 is 0 Å². The van der Waals surface area contributed by atoms with Gasteiger partial charge in [-0.25, -0.2) is 0 Å². The van der Waals surface area contributed by atoms with E-state index < -0.39 is 0 Å². The standard InChI is InChI=1S/C19H22N2/c1-12-8-9-13(11-17(12)20)18-14-5-2-3-6-15(14)19-16(18)7-4-10-21-19/h2-3,5-6,8-9,11,16,18-19,21H,4,7,10,20H2,1H3. The van der Waals surface area contributed by atoms with Crippen molar-refractivity contribution >= 4 is 5.69 Å². The topological polar surface area (TPSA) is 38.0 Å². The number of fused-ring (bicyclic) bond motifs is 3. The van der Waals surface area contributed by atoms with Gasteiger partial charge in [0.1, 0.15) is 0 Å². The van der Waals surface area contributed by atoms with Crippen molar-refractivity contribution < 1.29 is 0 Å². The molecule has 1 aliphatic carbocycles. The highest BCUT2D eigenvalue weighted by Crippen LogP contribution is 2.51. The number of hydrogen-bond donors (Lipinski definition) is 2. The SMILES string of the molecule is Cc1ccc(C2c3ccccc3C3NCCCC32)cc1N. The minimum atomic E-state index is 0.488. The van der Waals surface area contributed by atoms with Crippen LogP contribution >= 0.6 is 0 Å². The molecule has 3 unspecified atom stereocenters. The van der Waals surface area contributed by atoms with Crippen molar-refractivity contribution in [1.29, 1.82) is 0 Å². The van der Waals surface area contributed by atoms with Gasteiger partial charge in [0.05, 0.1) is 0 Å². The molecule has 3 N–H and O–H groups in total. The van der Waals surface area contributed by atoms with Crippen LogP contribution in [-0.2, 0) is 0 Å². The lowest BCUT2D eigenvalue weighted by atomic mass is 9.80. The van der Waals surface area contributed by atoms with Gasteiger partial charge in [-0.3, -0.25) is 0 Å². The van der Waals surface area contributed by atoms with Gasteiger partial charge < -0.3 is 11.1 Å². The maximum absolute atomic E-state index is 6.16. The molecule has 2 nitrogen and oxygen atoms in total. The summed E-state index contributed by atoms with van der Waals surface area (Å²) in [6.07, 6.45) is 2.57. The van der Waals surface area contributed by atoms with Gasteiger partial charge in [0, 0.05) is 17.6 Å². The van der Waals surface area contributed by atoms with Crippen LogP contribution in [0, 0.1) is 12.8 Å². The Kier molecular flexibility index (Phi) is 3.00. The van der Waals surface area contributed by atoms with Crippen LogP contribution in [0.4, 0.5) is 5.69 Å². The Bertz CT molecular complexity index is 677. The monoisotopic (exact) mass is 278 g/mol. The normalized spacial score (nSPS) is 27.2. The van der Waals surface area contributed by atoms with Crippen molar-refractivity contribution in [3.05, 3.63) is 64.7 Å². The van der Waals surface area contributed by atoms with Crippen LogP contribution in [0.2, 0.25) is 0 Å². The van der Waals surface area contributed by atoms with Gasteiger partial charge in [-0.1, -0.05) is 36.4 Å². The van der Waals surface area contributed by atoms with Crippen molar-refractivity contribution in [2.75, 3.05) is 12.3 Å². The number of nitrogen functional groups attached to an aromatic ring is 1. The van der Waals surface area contributed by atoms with Crippen LogP contribution in [0.15, 0.2) is 42.5 Å². The summed E-state index contributed by atoms with van der Waals surface area (Å²) in [5, 5.41) is 3.73. The fourth-order valence-electron chi connectivity index (χ4n) is 4.20. The first-order valence-corrected chi connectivity index (χ1v) is 7.94. The van der Waals surface area contributed by atoms with E-state index in [4.69, 9.17) is 5.73 Å². The van der Waals surface area contributed by atoms with Crippen LogP contribution in [0.25, 0.3) is 0 Å². The lowest BCUT2D eigenvalue weighted by Gasteiger charge is -2.31. The summed E-state index contributed by atoms with van der Waals surface area (Å²) in [5.41, 5.74) is 12.6. The lowest BCUT2D eigenvalue weighted by molar-refractivity contribution is 0.287. The first-order valence-electron chi connectivity index (χ1n) is 7.94. The van der Waals surface area contributed by atoms with E-state index in [1.54, 1.807) is 0 Å². The summed E-state index contributed by atoms with van der Waals surface area (Å²) in [6, 6.07) is 16.1. The van der Waals surface area contributed by atoms with Crippen molar-refractivity contribution in [2.24, 2.45) is 5.92 Å². The average Bonchev–Trinajstić information content (AvgIpc) is 2.85. The zero-order chi connectivity index (χ0) is 14.4. The van der Waals surface area contributed by atoms with E-state index in [1.807, 2.05) is 0 Å². The van der Waals surface area contributed by atoms with Crippen molar-refractivity contribution in [3.8, 4) is 0 Å². The van der Waals surface area contributed by atoms with Gasteiger partial charge in [-0.2, -0.15) is 0 Å². The summed E-state index contributed by atoms with van der Waals surface area (Å²) >= 11 is 0. The second-order valence-electron chi connectivity index (χ2n) is 6.46. The number of anilines is 1. The number of aryl methyl sites for hydroxylation is 1. The van der Waals surface area contributed by atoms with E-state index in [9.17, 15) is 0 Å². The van der Waals surface area contributed by atoms with Crippen LogP contribution < -0.4 is 11.1 Å². The third-order valence-corrected chi connectivity index (χ3v) is 5.26. The van der Waals surface area contributed by atoms with Gasteiger partial charge in [-0.15, -0.1) is 0 Å². The molecule has 21 heavy (non-hydrogen) atoms. The van der Waals surface area contributed by atoms with Gasteiger partial charge in [-0.05, 0) is 60.5 Å². The van der Waals surface area contributed by atoms with Crippen LogP contribution in [0.1, 0.15) is 47.1 Å². The fourth-order valence-corrected chi connectivity index (χ4v) is 4.20. The minimum absolute atomic E-state index is 0.488. The summed E-state index contributed by atoms with van der Waals surface area (Å²) in [6.45, 7) is 3.21. The minimum Gasteiger partial charge on any atom is -0.399 e. The largest absolute Gasteiger partial charge is 0.399 e. The molecule has 2 aromatic carbocycles. The zero-order valence-electron chi connectivity index (χ0n) is 12.5. The number of nitrogens with one attached hydrogen (secondary N) is 1. The molecule has 3 atom stereocenters. The molecule has 0 radical (unpaired) electrons. The van der Waals surface area contributed by atoms with E-state index >= 15 is 0 Å². The van der Waals surface area contributed by atoms with Crippen molar-refractivity contribution in [1.82, 2.24) is 5.32 Å². The molecule has 0 amide bonds. The summed E-state index contributed by atoms with van der Waals surface area (Å²) in [4.78, 5) is 0. The number of nitrogens with two attached hydrogens (primary N) is 1. The molecule has 2 aliphatic rings. The fraction of sp³-hybridized carbons (Fsp3) is 0.368. The summed E-state index contributed by atoms with van der Waals surface area (Å²) < 4.78 is 0. The molecule has 1 heterocycles. The predicted octanol–water partition coefficient (Wildman–Crippen LogP) is 3.76. The van der Waals surface area contributed by atoms with Gasteiger partial charge in [0.15, 0.2) is 0 Å². The average molecular weight is 278 g/mol. The highest BCUT2D eigenvalue weighted by molar-refractivity contribution is 5.53. The predicted molar refractivity (Wildman–Crippen MR) is 87.3 cm³/mol. The molecule has 0 aromatic heterocycles. The molecule has 0 bridgehead atoms. The van der Waals surface area contributed by atoms with Gasteiger partial charge in [0.2, 0.25) is 0 Å². The molecule has 1 aliphatic heterocycles. The Labute approximate surface area is 126 Å². The third kappa shape index (κ3) is 1.97. The Hall–Kier alpha value is -1.80. The lowest BCUT2D eigenvalue weighted by Crippen LogP contribution is -2.32. The maximum Gasteiger partial charge on any atom is 0.0360 e.